The van der Waals surface area contributed by atoms with E-state index in [4.69, 9.17) is 0 Å². The molecular formula is C12H9NO. The van der Waals surface area contributed by atoms with Gasteiger partial charge in [-0.15, -0.1) is 0 Å². The van der Waals surface area contributed by atoms with Crippen molar-refractivity contribution in [2.45, 2.75) is 6.42 Å². The molecule has 0 atom stereocenters. The number of aromatic hydroxyl groups is 1. The molecule has 0 radical (unpaired) electrons. The van der Waals surface area contributed by atoms with E-state index in [1.54, 1.807) is 12.1 Å². The van der Waals surface area contributed by atoms with Crippen LogP contribution in [0.1, 0.15) is 17.5 Å². The summed E-state index contributed by atoms with van der Waals surface area (Å²) in [5, 5.41) is 9.36. The summed E-state index contributed by atoms with van der Waals surface area (Å²) >= 11 is 0. The Morgan fingerprint density at radius 3 is 3.14 bits per heavy atom. The number of benzene rings is 1. The van der Waals surface area contributed by atoms with E-state index in [0.29, 0.717) is 5.75 Å². The number of hydrogen-bond donors (Lipinski definition) is 1. The molecule has 0 aromatic heterocycles. The van der Waals surface area contributed by atoms with Crippen LogP contribution < -0.4 is 0 Å². The Labute approximate surface area is 81.9 Å². The molecule has 0 saturated carbocycles. The largest absolute Gasteiger partial charge is 0.508 e. The van der Waals surface area contributed by atoms with Crippen LogP contribution in [0.4, 0.5) is 0 Å². The molecule has 0 spiro atoms. The van der Waals surface area contributed by atoms with Crippen LogP contribution in [-0.2, 0) is 0 Å². The molecule has 2 aliphatic rings. The van der Waals surface area contributed by atoms with E-state index in [1.165, 1.54) is 11.1 Å². The monoisotopic (exact) mass is 183 g/mol. The van der Waals surface area contributed by atoms with Crippen LogP contribution in [0.2, 0.25) is 0 Å². The summed E-state index contributed by atoms with van der Waals surface area (Å²) < 4.78 is 0. The van der Waals surface area contributed by atoms with Gasteiger partial charge in [-0.1, -0.05) is 6.07 Å². The summed E-state index contributed by atoms with van der Waals surface area (Å²) in [7, 11) is 0. The van der Waals surface area contributed by atoms with Gasteiger partial charge in [0.2, 0.25) is 0 Å². The Kier molecular flexibility index (Phi) is 1.39. The molecule has 1 aromatic rings. The Hall–Kier alpha value is -1.83. The topological polar surface area (TPSA) is 32.6 Å². The van der Waals surface area contributed by atoms with E-state index in [9.17, 15) is 5.11 Å². The number of dihydropyridines is 1. The quantitative estimate of drug-likeness (QED) is 0.658. The van der Waals surface area contributed by atoms with E-state index < -0.39 is 0 Å². The van der Waals surface area contributed by atoms with Gasteiger partial charge in [0.15, 0.2) is 0 Å². The molecule has 3 rings (SSSR count). The highest BCUT2D eigenvalue weighted by Crippen LogP contribution is 2.36. The molecule has 1 aliphatic heterocycles. The van der Waals surface area contributed by atoms with Crippen molar-refractivity contribution in [3.8, 4) is 5.75 Å². The van der Waals surface area contributed by atoms with Crippen molar-refractivity contribution >= 4 is 17.9 Å². The first-order chi connectivity index (χ1) is 6.83. The predicted octanol–water partition coefficient (Wildman–Crippen LogP) is 2.60. The van der Waals surface area contributed by atoms with Gasteiger partial charge >= 0.3 is 0 Å². The van der Waals surface area contributed by atoms with Crippen LogP contribution >= 0.6 is 0 Å². The fourth-order valence-corrected chi connectivity index (χ4v) is 1.94. The van der Waals surface area contributed by atoms with E-state index in [0.717, 1.165) is 17.7 Å². The molecule has 2 heteroatoms. The summed E-state index contributed by atoms with van der Waals surface area (Å²) in [6.07, 6.45) is 6.81. The van der Waals surface area contributed by atoms with Crippen molar-refractivity contribution in [1.29, 1.82) is 0 Å². The second kappa shape index (κ2) is 2.58. The maximum absolute atomic E-state index is 9.36. The Morgan fingerprint density at radius 2 is 2.21 bits per heavy atom. The molecule has 1 aromatic carbocycles. The molecule has 2 nitrogen and oxygen atoms in total. The van der Waals surface area contributed by atoms with Crippen LogP contribution in [0.3, 0.4) is 0 Å². The van der Waals surface area contributed by atoms with Gasteiger partial charge in [-0.3, -0.25) is 4.99 Å². The minimum absolute atomic E-state index is 0.310. The standard InChI is InChI=1S/C12H9NO/c14-11-1-2-12-8-3-4-13-10(5-8)6-9(12)7-11/h1-4,6-7,14H,5H2. The summed E-state index contributed by atoms with van der Waals surface area (Å²) in [6, 6.07) is 5.47. The Bertz CT molecular complexity index is 495. The smallest absolute Gasteiger partial charge is 0.116 e. The van der Waals surface area contributed by atoms with Crippen molar-refractivity contribution in [1.82, 2.24) is 0 Å². The van der Waals surface area contributed by atoms with Gasteiger partial charge in [0.1, 0.15) is 5.75 Å². The van der Waals surface area contributed by atoms with Gasteiger partial charge < -0.3 is 5.11 Å². The van der Waals surface area contributed by atoms with Gasteiger partial charge in [-0.2, -0.15) is 0 Å². The first-order valence-electron chi connectivity index (χ1n) is 4.60. The molecule has 2 bridgehead atoms. The summed E-state index contributed by atoms with van der Waals surface area (Å²) in [5.41, 5.74) is 4.63. The van der Waals surface area contributed by atoms with Gasteiger partial charge in [-0.25, -0.2) is 0 Å². The van der Waals surface area contributed by atoms with Gasteiger partial charge in [0.05, 0.1) is 0 Å². The average molecular weight is 183 g/mol. The zero-order valence-corrected chi connectivity index (χ0v) is 7.57. The first-order valence-corrected chi connectivity index (χ1v) is 4.60. The molecule has 1 N–H and O–H groups in total. The normalized spacial score (nSPS) is 17.1. The summed E-state index contributed by atoms with van der Waals surface area (Å²) in [6.45, 7) is 0. The highest BCUT2D eigenvalue weighted by molar-refractivity contribution is 5.94. The minimum atomic E-state index is 0.310. The number of phenolic OH excluding ortho intramolecular Hbond substituents is 1. The van der Waals surface area contributed by atoms with Crippen LogP contribution in [0.5, 0.6) is 5.75 Å². The van der Waals surface area contributed by atoms with Gasteiger partial charge in [0.25, 0.3) is 0 Å². The Morgan fingerprint density at radius 1 is 1.29 bits per heavy atom. The lowest BCUT2D eigenvalue weighted by Gasteiger charge is -2.19. The fourth-order valence-electron chi connectivity index (χ4n) is 1.94. The van der Waals surface area contributed by atoms with Crippen LogP contribution in [0, 0.1) is 0 Å². The van der Waals surface area contributed by atoms with Crippen molar-refractivity contribution in [3.05, 3.63) is 41.1 Å². The zero-order valence-electron chi connectivity index (χ0n) is 7.57. The SMILES string of the molecule is Oc1ccc2c(c1)C=C1CC2=CC=N1. The van der Waals surface area contributed by atoms with Gasteiger partial charge in [-0.05, 0) is 41.0 Å². The molecule has 1 heterocycles. The van der Waals surface area contributed by atoms with Crippen LogP contribution in [0.15, 0.2) is 35.0 Å². The molecule has 0 fully saturated rings. The number of nitrogens with zero attached hydrogens (tertiary/aromatic N) is 1. The molecule has 68 valence electrons. The zero-order chi connectivity index (χ0) is 9.54. The molecule has 0 saturated heterocycles. The molecule has 1 aliphatic carbocycles. The van der Waals surface area contributed by atoms with Crippen molar-refractivity contribution in [2.75, 3.05) is 0 Å². The minimum Gasteiger partial charge on any atom is -0.508 e. The lowest BCUT2D eigenvalue weighted by Crippen LogP contribution is -2.01. The number of phenols is 1. The van der Waals surface area contributed by atoms with Crippen molar-refractivity contribution < 1.29 is 5.11 Å². The number of allylic oxidation sites excluding steroid dienone is 2. The fraction of sp³-hybridized carbons (Fsp3) is 0.0833. The van der Waals surface area contributed by atoms with E-state index in [1.807, 2.05) is 24.4 Å². The number of rotatable bonds is 0. The second-order valence-electron chi connectivity index (χ2n) is 3.55. The van der Waals surface area contributed by atoms with Crippen molar-refractivity contribution in [2.24, 2.45) is 4.99 Å². The van der Waals surface area contributed by atoms with Gasteiger partial charge in [0, 0.05) is 18.3 Å². The third-order valence-corrected chi connectivity index (χ3v) is 2.59. The second-order valence-corrected chi connectivity index (χ2v) is 3.55. The van der Waals surface area contributed by atoms with Crippen molar-refractivity contribution in [3.63, 3.8) is 0 Å². The van der Waals surface area contributed by atoms with E-state index >= 15 is 0 Å². The number of fused-ring (bicyclic) bond motifs is 4. The van der Waals surface area contributed by atoms with Crippen LogP contribution in [-0.4, -0.2) is 11.3 Å². The lowest BCUT2D eigenvalue weighted by atomic mass is 9.89. The summed E-state index contributed by atoms with van der Waals surface area (Å²) in [4.78, 5) is 4.26. The maximum Gasteiger partial charge on any atom is 0.116 e. The van der Waals surface area contributed by atoms with E-state index in [2.05, 4.69) is 4.99 Å². The number of aliphatic imine (C=N–C) groups is 1. The average Bonchev–Trinajstić information content (AvgIpc) is 2.17. The first kappa shape index (κ1) is 7.56. The maximum atomic E-state index is 9.36. The predicted molar refractivity (Wildman–Crippen MR) is 57.2 cm³/mol. The third kappa shape index (κ3) is 1.01. The van der Waals surface area contributed by atoms with Crippen LogP contribution in [0.25, 0.3) is 11.6 Å². The highest BCUT2D eigenvalue weighted by atomic mass is 16.3. The molecule has 0 amide bonds. The van der Waals surface area contributed by atoms with E-state index in [-0.39, 0.29) is 0 Å². The third-order valence-electron chi connectivity index (χ3n) is 2.59. The lowest BCUT2D eigenvalue weighted by molar-refractivity contribution is 0.475. The summed E-state index contributed by atoms with van der Waals surface area (Å²) in [5.74, 6) is 0.310. The Balaban J connectivity index is 2.29. The number of hydrogen-bond acceptors (Lipinski definition) is 2. The molecule has 0 unspecified atom stereocenters. The highest BCUT2D eigenvalue weighted by Gasteiger charge is 2.16. The molecule has 14 heavy (non-hydrogen) atoms. The molecular weight excluding hydrogens is 174 g/mol.